The summed E-state index contributed by atoms with van der Waals surface area (Å²) >= 11 is 0. The van der Waals surface area contributed by atoms with Gasteiger partial charge in [-0.15, -0.1) is 0 Å². The van der Waals surface area contributed by atoms with E-state index in [1.807, 2.05) is 47.8 Å². The van der Waals surface area contributed by atoms with E-state index in [0.717, 1.165) is 56.4 Å². The van der Waals surface area contributed by atoms with Crippen LogP contribution in [0.15, 0.2) is 73.1 Å². The molecule has 5 rings (SSSR count). The van der Waals surface area contributed by atoms with Gasteiger partial charge < -0.3 is 9.80 Å². The first-order chi connectivity index (χ1) is 19.5. The first-order valence-corrected chi connectivity index (χ1v) is 14.9. The van der Waals surface area contributed by atoms with Crippen molar-refractivity contribution in [2.45, 2.75) is 84.1 Å². The third-order valence-electron chi connectivity index (χ3n) is 8.43. The molecule has 1 saturated heterocycles. The number of rotatable bonds is 7. The van der Waals surface area contributed by atoms with Crippen LogP contribution in [0, 0.1) is 5.92 Å². The SMILES string of the molecule is CC(C)C(=O)N1CCC2CCCC(CN(C(=O)CCCn3cccn3)Cc3ccccc31)N2Cc1ccccc1. The summed E-state index contributed by atoms with van der Waals surface area (Å²) in [5, 5.41) is 4.29. The molecule has 2 unspecified atom stereocenters. The van der Waals surface area contributed by atoms with Gasteiger partial charge >= 0.3 is 0 Å². The molecule has 40 heavy (non-hydrogen) atoms. The number of benzene rings is 2. The highest BCUT2D eigenvalue weighted by atomic mass is 16.2. The van der Waals surface area contributed by atoms with Crippen LogP contribution >= 0.6 is 0 Å². The lowest BCUT2D eigenvalue weighted by Gasteiger charge is -2.44. The number of fused-ring (bicyclic) bond motifs is 3. The lowest BCUT2D eigenvalue weighted by Crippen LogP contribution is -2.52. The highest BCUT2D eigenvalue weighted by Crippen LogP contribution is 2.32. The predicted octanol–water partition coefficient (Wildman–Crippen LogP) is 5.51. The zero-order valence-corrected chi connectivity index (χ0v) is 24.0. The van der Waals surface area contributed by atoms with E-state index in [0.29, 0.717) is 32.1 Å². The van der Waals surface area contributed by atoms with Gasteiger partial charge in [-0.1, -0.05) is 68.8 Å². The monoisotopic (exact) mass is 541 g/mol. The van der Waals surface area contributed by atoms with Crippen LogP contribution in [0.2, 0.25) is 0 Å². The lowest BCUT2D eigenvalue weighted by molar-refractivity contribution is -0.133. The fraction of sp³-hybridized carbons (Fsp3) is 0.485. The van der Waals surface area contributed by atoms with Crippen LogP contribution in [0.1, 0.15) is 63.5 Å². The normalized spacial score (nSPS) is 20.2. The van der Waals surface area contributed by atoms with Crippen LogP contribution in [0.3, 0.4) is 0 Å². The zero-order chi connectivity index (χ0) is 27.9. The Hall–Kier alpha value is -3.45. The first-order valence-electron chi connectivity index (χ1n) is 14.9. The van der Waals surface area contributed by atoms with Crippen molar-refractivity contribution in [1.82, 2.24) is 19.6 Å². The Labute approximate surface area is 238 Å². The van der Waals surface area contributed by atoms with Gasteiger partial charge in [0.05, 0.1) is 0 Å². The zero-order valence-electron chi connectivity index (χ0n) is 24.0. The summed E-state index contributed by atoms with van der Waals surface area (Å²) in [6, 6.07) is 21.4. The lowest BCUT2D eigenvalue weighted by atomic mass is 9.92. The molecule has 3 heterocycles. The van der Waals surface area contributed by atoms with Crippen molar-refractivity contribution in [3.05, 3.63) is 84.2 Å². The average molecular weight is 542 g/mol. The van der Waals surface area contributed by atoms with Gasteiger partial charge in [0.1, 0.15) is 0 Å². The van der Waals surface area contributed by atoms with Crippen LogP contribution in [0.5, 0.6) is 0 Å². The van der Waals surface area contributed by atoms with Crippen LogP contribution in [-0.4, -0.2) is 56.6 Å². The number of aromatic nitrogens is 2. The molecule has 0 radical (unpaired) electrons. The maximum absolute atomic E-state index is 13.8. The van der Waals surface area contributed by atoms with Crippen molar-refractivity contribution in [2.24, 2.45) is 5.92 Å². The smallest absolute Gasteiger partial charge is 0.229 e. The number of piperidine rings is 1. The number of carbonyl (C=O) groups excluding carboxylic acids is 2. The van der Waals surface area contributed by atoms with Crippen molar-refractivity contribution in [1.29, 1.82) is 0 Å². The Morgan fingerprint density at radius 3 is 2.50 bits per heavy atom. The molecule has 0 aliphatic carbocycles. The molecular formula is C33H43N5O2. The maximum atomic E-state index is 13.8. The minimum atomic E-state index is -0.0993. The molecule has 2 aliphatic heterocycles. The molecule has 2 amide bonds. The van der Waals surface area contributed by atoms with Crippen molar-refractivity contribution in [2.75, 3.05) is 18.0 Å². The fourth-order valence-electron chi connectivity index (χ4n) is 6.32. The largest absolute Gasteiger partial charge is 0.337 e. The Balaban J connectivity index is 1.47. The molecule has 2 atom stereocenters. The Kier molecular flexibility index (Phi) is 9.32. The maximum Gasteiger partial charge on any atom is 0.229 e. The molecule has 0 spiro atoms. The van der Waals surface area contributed by atoms with Crippen LogP contribution < -0.4 is 4.90 Å². The number of aryl methyl sites for hydroxylation is 1. The number of hydrogen-bond acceptors (Lipinski definition) is 4. The van der Waals surface area contributed by atoms with Gasteiger partial charge in [0, 0.05) is 75.2 Å². The van der Waals surface area contributed by atoms with E-state index in [9.17, 15) is 9.59 Å². The Morgan fingerprint density at radius 1 is 0.950 bits per heavy atom. The van der Waals surface area contributed by atoms with E-state index in [-0.39, 0.29) is 23.8 Å². The molecule has 0 N–H and O–H groups in total. The third kappa shape index (κ3) is 6.81. The van der Waals surface area contributed by atoms with Gasteiger partial charge in [-0.3, -0.25) is 19.2 Å². The minimum Gasteiger partial charge on any atom is -0.337 e. The topological polar surface area (TPSA) is 61.7 Å². The third-order valence-corrected chi connectivity index (χ3v) is 8.43. The molecule has 7 nitrogen and oxygen atoms in total. The number of hydrogen-bond donors (Lipinski definition) is 0. The van der Waals surface area contributed by atoms with Gasteiger partial charge in [0.25, 0.3) is 0 Å². The number of nitrogens with zero attached hydrogens (tertiary/aromatic N) is 5. The second kappa shape index (κ2) is 13.3. The molecule has 3 aromatic rings. The van der Waals surface area contributed by atoms with Gasteiger partial charge in [0.2, 0.25) is 11.8 Å². The second-order valence-corrected chi connectivity index (χ2v) is 11.6. The molecule has 2 aromatic carbocycles. The standard InChI is InChI=1S/C33H43N5O2/c1-26(2)33(40)37-22-18-29-14-8-15-30(38(29)23-27-11-4-3-5-12-27)25-35(24-28-13-6-7-16-31(28)37)32(39)17-9-20-36-21-10-19-34-36/h3-7,10-13,16,19,21,26,29-30H,8-9,14-15,17-18,20,22-25H2,1-2H3. The first kappa shape index (κ1) is 28.1. The van der Waals surface area contributed by atoms with Crippen LogP contribution in [0.25, 0.3) is 0 Å². The molecule has 2 bridgehead atoms. The van der Waals surface area contributed by atoms with Gasteiger partial charge in [0.15, 0.2) is 0 Å². The predicted molar refractivity (Wildman–Crippen MR) is 159 cm³/mol. The van der Waals surface area contributed by atoms with Crippen molar-refractivity contribution in [3.63, 3.8) is 0 Å². The number of amides is 2. The van der Waals surface area contributed by atoms with E-state index in [1.165, 1.54) is 5.56 Å². The fourth-order valence-corrected chi connectivity index (χ4v) is 6.32. The number of carbonyl (C=O) groups is 2. The molecule has 0 saturated carbocycles. The van der Waals surface area contributed by atoms with Gasteiger partial charge in [-0.25, -0.2) is 0 Å². The van der Waals surface area contributed by atoms with Crippen molar-refractivity contribution >= 4 is 17.5 Å². The summed E-state index contributed by atoms with van der Waals surface area (Å²) < 4.78 is 1.89. The van der Waals surface area contributed by atoms with Crippen molar-refractivity contribution < 1.29 is 9.59 Å². The van der Waals surface area contributed by atoms with Crippen molar-refractivity contribution in [3.8, 4) is 0 Å². The number of anilines is 1. The Bertz CT molecular complexity index is 1240. The quantitative estimate of drug-likeness (QED) is 0.396. The van der Waals surface area contributed by atoms with Crippen LogP contribution in [0.4, 0.5) is 5.69 Å². The van der Waals surface area contributed by atoms with E-state index in [1.54, 1.807) is 6.20 Å². The summed E-state index contributed by atoms with van der Waals surface area (Å²) in [7, 11) is 0. The van der Waals surface area contributed by atoms with Gasteiger partial charge in [-0.05, 0) is 48.9 Å². The van der Waals surface area contributed by atoms with Gasteiger partial charge in [-0.2, -0.15) is 5.10 Å². The number of para-hydroxylation sites is 1. The van der Waals surface area contributed by atoms with E-state index in [4.69, 9.17) is 0 Å². The average Bonchev–Trinajstić information content (AvgIpc) is 3.48. The highest BCUT2D eigenvalue weighted by Gasteiger charge is 2.35. The Morgan fingerprint density at radius 2 is 1.73 bits per heavy atom. The molecule has 1 aromatic heterocycles. The summed E-state index contributed by atoms with van der Waals surface area (Å²) in [5.41, 5.74) is 3.29. The molecular weight excluding hydrogens is 498 g/mol. The molecule has 7 heteroatoms. The minimum absolute atomic E-state index is 0.0993. The molecule has 1 fully saturated rings. The van der Waals surface area contributed by atoms with Crippen LogP contribution in [-0.2, 0) is 29.2 Å². The van der Waals surface area contributed by atoms with E-state index >= 15 is 0 Å². The summed E-state index contributed by atoms with van der Waals surface area (Å²) in [6.45, 7) is 7.45. The molecule has 212 valence electrons. The summed E-state index contributed by atoms with van der Waals surface area (Å²) in [4.78, 5) is 34.1. The summed E-state index contributed by atoms with van der Waals surface area (Å²) in [5.74, 6) is 0.216. The highest BCUT2D eigenvalue weighted by molar-refractivity contribution is 5.95. The van der Waals surface area contributed by atoms with E-state index < -0.39 is 0 Å². The van der Waals surface area contributed by atoms with E-state index in [2.05, 4.69) is 57.4 Å². The summed E-state index contributed by atoms with van der Waals surface area (Å²) in [6.07, 6.45) is 9.21. The molecule has 2 aliphatic rings. The second-order valence-electron chi connectivity index (χ2n) is 11.6.